The minimum Gasteiger partial charge on any atom is -0.493 e. The zero-order valence-electron chi connectivity index (χ0n) is 23.3. The zero-order valence-corrected chi connectivity index (χ0v) is 25.5. The maximum absolute atomic E-state index is 14.7. The molecule has 0 radical (unpaired) electrons. The van der Waals surface area contributed by atoms with Gasteiger partial charge in [-0.2, -0.15) is 0 Å². The molecule has 1 aliphatic carbocycles. The number of methoxy groups -OCH3 is 1. The number of ether oxygens (including phenoxy) is 2. The number of aldehydes is 1. The van der Waals surface area contributed by atoms with Gasteiger partial charge in [-0.15, -0.1) is 0 Å². The Morgan fingerprint density at radius 3 is 2.60 bits per heavy atom. The van der Waals surface area contributed by atoms with E-state index in [1.54, 1.807) is 12.1 Å². The van der Waals surface area contributed by atoms with E-state index in [1.807, 2.05) is 22.6 Å². The van der Waals surface area contributed by atoms with Crippen LogP contribution in [0.4, 0.5) is 4.39 Å². The van der Waals surface area contributed by atoms with Gasteiger partial charge in [0.05, 0.1) is 23.3 Å². The first kappa shape index (κ1) is 33.1. The third-order valence-electron chi connectivity index (χ3n) is 6.79. The van der Waals surface area contributed by atoms with Crippen LogP contribution in [0.25, 0.3) is 0 Å². The number of nitrogens with one attached hydrogen (secondary N) is 1. The Bertz CT molecular complexity index is 1330. The molecule has 0 saturated heterocycles. The van der Waals surface area contributed by atoms with Crippen LogP contribution in [0, 0.1) is 9.39 Å². The van der Waals surface area contributed by atoms with Crippen molar-refractivity contribution in [2.75, 3.05) is 20.3 Å². The summed E-state index contributed by atoms with van der Waals surface area (Å²) in [6.07, 6.45) is -0.0862. The first-order valence-corrected chi connectivity index (χ1v) is 14.5. The first-order chi connectivity index (χ1) is 20.1. The van der Waals surface area contributed by atoms with E-state index in [2.05, 4.69) is 5.32 Å². The fraction of sp³-hybridized carbons (Fsp3) is 0.400. The number of benzene rings is 2. The molecule has 0 saturated carbocycles. The van der Waals surface area contributed by atoms with E-state index < -0.39 is 35.9 Å². The van der Waals surface area contributed by atoms with Crippen LogP contribution in [0.1, 0.15) is 48.5 Å². The second-order valence-electron chi connectivity index (χ2n) is 9.84. The number of rotatable bonds is 14. The van der Waals surface area contributed by atoms with Gasteiger partial charge in [0.15, 0.2) is 11.5 Å². The van der Waals surface area contributed by atoms with Crippen molar-refractivity contribution in [3.05, 3.63) is 68.6 Å². The quantitative estimate of drug-likeness (QED) is 0.202. The third-order valence-corrected chi connectivity index (χ3v) is 7.60. The van der Waals surface area contributed by atoms with Gasteiger partial charge < -0.3 is 34.7 Å². The lowest BCUT2D eigenvalue weighted by Gasteiger charge is -2.41. The summed E-state index contributed by atoms with van der Waals surface area (Å²) >= 11 is 1.96. The van der Waals surface area contributed by atoms with Gasteiger partial charge in [-0.1, -0.05) is 18.2 Å². The second-order valence-corrected chi connectivity index (χ2v) is 11.0. The molecule has 0 unspecified atom stereocenters. The normalized spacial score (nSPS) is 18.0. The molecule has 42 heavy (non-hydrogen) atoms. The Morgan fingerprint density at radius 2 is 1.95 bits per heavy atom. The van der Waals surface area contributed by atoms with Gasteiger partial charge in [0.25, 0.3) is 0 Å². The number of nitrogens with zero attached hydrogens (tertiary/aromatic N) is 1. The van der Waals surface area contributed by atoms with Gasteiger partial charge in [-0.05, 0) is 60.2 Å². The molecule has 12 heteroatoms. The van der Waals surface area contributed by atoms with Crippen LogP contribution < -0.4 is 14.8 Å². The van der Waals surface area contributed by atoms with Crippen molar-refractivity contribution in [3.63, 3.8) is 0 Å². The Balaban J connectivity index is 2.04. The van der Waals surface area contributed by atoms with Gasteiger partial charge >= 0.3 is 0 Å². The molecule has 2 aromatic rings. The molecule has 3 atom stereocenters. The number of aliphatic hydroxyl groups excluding tert-OH is 2. The lowest BCUT2D eigenvalue weighted by molar-refractivity contribution is -0.139. The van der Waals surface area contributed by atoms with Crippen LogP contribution >= 0.6 is 22.6 Å². The maximum atomic E-state index is 14.7. The average molecular weight is 697 g/mol. The predicted octanol–water partition coefficient (Wildman–Crippen LogP) is 2.96. The Labute approximate surface area is 257 Å². The Morgan fingerprint density at radius 1 is 1.21 bits per heavy atom. The lowest BCUT2D eigenvalue weighted by Crippen LogP contribution is -2.55. The minimum absolute atomic E-state index is 0.0171. The lowest BCUT2D eigenvalue weighted by atomic mass is 9.87. The maximum Gasteiger partial charge on any atom is 0.247 e. The average Bonchev–Trinajstić information content (AvgIpc) is 2.97. The van der Waals surface area contributed by atoms with Gasteiger partial charge in [0.2, 0.25) is 11.8 Å². The van der Waals surface area contributed by atoms with Crippen molar-refractivity contribution < 1.29 is 43.3 Å². The molecule has 0 fully saturated rings. The molecule has 2 aromatic carbocycles. The highest BCUT2D eigenvalue weighted by atomic mass is 127. The van der Waals surface area contributed by atoms with Gasteiger partial charge in [-0.25, -0.2) is 4.39 Å². The highest BCUT2D eigenvalue weighted by Gasteiger charge is 2.41. The van der Waals surface area contributed by atoms with Crippen molar-refractivity contribution in [1.29, 1.82) is 0 Å². The minimum atomic E-state index is -1.37. The highest BCUT2D eigenvalue weighted by Crippen LogP contribution is 2.37. The summed E-state index contributed by atoms with van der Waals surface area (Å²) in [6.45, 7) is 0.919. The van der Waals surface area contributed by atoms with Crippen LogP contribution in [0.5, 0.6) is 11.5 Å². The number of amides is 2. The number of aliphatic hydroxyl groups is 2. The molecule has 0 aromatic heterocycles. The molecule has 3 N–H and O–H groups in total. The summed E-state index contributed by atoms with van der Waals surface area (Å²) in [5.74, 6) is -1.13. The van der Waals surface area contributed by atoms with E-state index in [-0.39, 0.29) is 73.8 Å². The molecule has 226 valence electrons. The van der Waals surface area contributed by atoms with E-state index in [0.29, 0.717) is 15.4 Å². The molecule has 1 aliphatic rings. The largest absolute Gasteiger partial charge is 0.493 e. The molecule has 0 heterocycles. The zero-order chi connectivity index (χ0) is 30.8. The van der Waals surface area contributed by atoms with Crippen molar-refractivity contribution in [3.8, 4) is 11.5 Å². The molecule has 10 nitrogen and oxygen atoms in total. The number of carbonyl (C=O) groups excluding carboxylic acids is 4. The smallest absolute Gasteiger partial charge is 0.247 e. The van der Waals surface area contributed by atoms with Crippen LogP contribution in [0.2, 0.25) is 0 Å². The summed E-state index contributed by atoms with van der Waals surface area (Å²) < 4.78 is 26.8. The molecular formula is C30H34FIN2O8. The Hall–Kier alpha value is -3.36. The number of hydrogen-bond acceptors (Lipinski definition) is 8. The fourth-order valence-electron chi connectivity index (χ4n) is 4.67. The molecule has 2 amide bonds. The SMILES string of the molecule is COc1cc(C=O)cc(I)c1O[C@H]1C=C(C(=O)NCCO)C[C@@H](N(Cc2ccccc2F)C(=O)CCCC(C)=O)[C@@H]1O. The van der Waals surface area contributed by atoms with E-state index in [0.717, 1.165) is 0 Å². The highest BCUT2D eigenvalue weighted by molar-refractivity contribution is 14.1. The van der Waals surface area contributed by atoms with Crippen LogP contribution in [-0.4, -0.2) is 77.5 Å². The number of Topliss-reactive ketones (excluding diaryl/α,β-unsaturated/α-hetero) is 1. The molecule has 0 bridgehead atoms. The molecule has 3 rings (SSSR count). The van der Waals surface area contributed by atoms with E-state index >= 15 is 0 Å². The molecule has 0 spiro atoms. The summed E-state index contributed by atoms with van der Waals surface area (Å²) in [7, 11) is 1.40. The van der Waals surface area contributed by atoms with Crippen molar-refractivity contribution >= 4 is 46.5 Å². The van der Waals surface area contributed by atoms with Crippen LogP contribution in [0.3, 0.4) is 0 Å². The summed E-state index contributed by atoms with van der Waals surface area (Å²) in [5.41, 5.74) is 0.749. The number of ketones is 1. The molecule has 0 aliphatic heterocycles. The predicted molar refractivity (Wildman–Crippen MR) is 160 cm³/mol. The fourth-order valence-corrected chi connectivity index (χ4v) is 5.42. The monoisotopic (exact) mass is 696 g/mol. The topological polar surface area (TPSA) is 142 Å². The van der Waals surface area contributed by atoms with E-state index in [4.69, 9.17) is 9.47 Å². The van der Waals surface area contributed by atoms with Crippen molar-refractivity contribution in [2.24, 2.45) is 0 Å². The van der Waals surface area contributed by atoms with Crippen LogP contribution in [-0.2, 0) is 20.9 Å². The second kappa shape index (κ2) is 15.8. The first-order valence-electron chi connectivity index (χ1n) is 13.4. The standard InChI is InChI=1S/C30H34FIN2O8/c1-18(37)6-5-9-27(38)34(16-20-7-3-4-8-22(20)31)24-14-21(30(40)33-10-11-35)15-25(28(24)39)42-29-23(32)12-19(17-36)13-26(29)41-2/h3-4,7-8,12-13,15,17,24-25,28,35,39H,5-6,9-11,14,16H2,1-2H3,(H,33,40)/t24-,25+,28+/m1/s1. The number of halogens is 2. The van der Waals surface area contributed by atoms with Crippen LogP contribution in [0.15, 0.2) is 48.0 Å². The number of carbonyl (C=O) groups is 4. The molecular weight excluding hydrogens is 662 g/mol. The number of hydrogen-bond donors (Lipinski definition) is 3. The van der Waals surface area contributed by atoms with Gasteiger partial charge in [-0.3, -0.25) is 14.4 Å². The summed E-state index contributed by atoms with van der Waals surface area (Å²) in [5, 5.41) is 23.4. The summed E-state index contributed by atoms with van der Waals surface area (Å²) in [4.78, 5) is 50.8. The van der Waals surface area contributed by atoms with Crippen molar-refractivity contribution in [2.45, 2.75) is 57.4 Å². The van der Waals surface area contributed by atoms with Gasteiger partial charge in [0, 0.05) is 49.1 Å². The van der Waals surface area contributed by atoms with Crippen molar-refractivity contribution in [1.82, 2.24) is 10.2 Å². The van der Waals surface area contributed by atoms with E-state index in [9.17, 15) is 33.8 Å². The summed E-state index contributed by atoms with van der Waals surface area (Å²) in [6, 6.07) is 7.97. The van der Waals surface area contributed by atoms with Gasteiger partial charge in [0.1, 0.15) is 30.1 Å². The Kier molecular flexibility index (Phi) is 12.4. The third kappa shape index (κ3) is 8.58. The van der Waals surface area contributed by atoms with E-state index in [1.165, 1.54) is 49.3 Å².